The topological polar surface area (TPSA) is 37.3 Å². The SMILES string of the molecule is O=C(O)C(c1ccc(I)c(F)c1)C1CC1. The first kappa shape index (κ1) is 10.9. The molecule has 2 rings (SSSR count). The minimum absolute atomic E-state index is 0.196. The lowest BCUT2D eigenvalue weighted by Crippen LogP contribution is -2.13. The van der Waals surface area contributed by atoms with E-state index in [1.54, 1.807) is 12.1 Å². The average Bonchev–Trinajstić information content (AvgIpc) is 2.95. The summed E-state index contributed by atoms with van der Waals surface area (Å²) in [7, 11) is 0. The fourth-order valence-corrected chi connectivity index (χ4v) is 2.09. The molecule has 1 aliphatic rings. The van der Waals surface area contributed by atoms with Crippen LogP contribution < -0.4 is 0 Å². The molecule has 1 fully saturated rings. The standard InChI is InChI=1S/C11H10FIO2/c12-8-5-7(3-4-9(8)13)10(11(14)15)6-1-2-6/h3-6,10H,1-2H2,(H,14,15). The van der Waals surface area contributed by atoms with E-state index in [9.17, 15) is 9.18 Å². The number of carboxylic acids is 1. The van der Waals surface area contributed by atoms with Crippen LogP contribution in [0.3, 0.4) is 0 Å². The number of rotatable bonds is 3. The predicted octanol–water partition coefficient (Wildman–Crippen LogP) is 3.01. The first-order valence-corrected chi connectivity index (χ1v) is 5.85. The maximum Gasteiger partial charge on any atom is 0.311 e. The van der Waals surface area contributed by atoms with Crippen LogP contribution in [0.5, 0.6) is 0 Å². The molecule has 0 spiro atoms. The lowest BCUT2D eigenvalue weighted by molar-refractivity contribution is -0.139. The highest BCUT2D eigenvalue weighted by molar-refractivity contribution is 14.1. The van der Waals surface area contributed by atoms with Gasteiger partial charge < -0.3 is 5.11 Å². The Labute approximate surface area is 101 Å². The fourth-order valence-electron chi connectivity index (χ4n) is 1.75. The maximum absolute atomic E-state index is 13.3. The molecule has 1 aromatic rings. The van der Waals surface area contributed by atoms with E-state index in [0.717, 1.165) is 12.8 Å². The molecule has 1 aromatic carbocycles. The molecular weight excluding hydrogens is 310 g/mol. The summed E-state index contributed by atoms with van der Waals surface area (Å²) < 4.78 is 13.8. The molecule has 0 amide bonds. The third-order valence-corrected chi connectivity index (χ3v) is 3.54. The van der Waals surface area contributed by atoms with Gasteiger partial charge in [-0.15, -0.1) is 0 Å². The highest BCUT2D eigenvalue weighted by atomic mass is 127. The summed E-state index contributed by atoms with van der Waals surface area (Å²) in [4.78, 5) is 11.1. The Morgan fingerprint density at radius 2 is 2.20 bits per heavy atom. The molecule has 0 radical (unpaired) electrons. The van der Waals surface area contributed by atoms with Gasteiger partial charge in [0.15, 0.2) is 0 Å². The lowest BCUT2D eigenvalue weighted by Gasteiger charge is -2.11. The zero-order chi connectivity index (χ0) is 11.0. The normalized spacial score (nSPS) is 17.5. The summed E-state index contributed by atoms with van der Waals surface area (Å²) >= 11 is 1.89. The maximum atomic E-state index is 13.3. The van der Waals surface area contributed by atoms with Crippen LogP contribution in [0.4, 0.5) is 4.39 Å². The second-order valence-corrected chi connectivity index (χ2v) is 4.99. The van der Waals surface area contributed by atoms with Crippen molar-refractivity contribution in [3.8, 4) is 0 Å². The van der Waals surface area contributed by atoms with Crippen molar-refractivity contribution in [2.45, 2.75) is 18.8 Å². The van der Waals surface area contributed by atoms with Gasteiger partial charge in [0.25, 0.3) is 0 Å². The minimum Gasteiger partial charge on any atom is -0.481 e. The number of halogens is 2. The van der Waals surface area contributed by atoms with E-state index in [0.29, 0.717) is 9.13 Å². The number of carbonyl (C=O) groups is 1. The second kappa shape index (κ2) is 4.08. The van der Waals surface area contributed by atoms with Crippen LogP contribution in [0.25, 0.3) is 0 Å². The molecular formula is C11H10FIO2. The van der Waals surface area contributed by atoms with Crippen molar-refractivity contribution in [3.63, 3.8) is 0 Å². The van der Waals surface area contributed by atoms with Crippen molar-refractivity contribution in [2.24, 2.45) is 5.92 Å². The molecule has 15 heavy (non-hydrogen) atoms. The Bertz CT molecular complexity index is 402. The van der Waals surface area contributed by atoms with E-state index in [-0.39, 0.29) is 11.7 Å². The van der Waals surface area contributed by atoms with Gasteiger partial charge in [-0.2, -0.15) is 0 Å². The van der Waals surface area contributed by atoms with E-state index in [2.05, 4.69) is 0 Å². The summed E-state index contributed by atoms with van der Waals surface area (Å²) in [5, 5.41) is 9.07. The molecule has 0 heterocycles. The molecule has 2 nitrogen and oxygen atoms in total. The molecule has 1 unspecified atom stereocenters. The van der Waals surface area contributed by atoms with E-state index in [1.165, 1.54) is 6.07 Å². The number of benzene rings is 1. The molecule has 0 bridgehead atoms. The Hall–Kier alpha value is -0.650. The number of hydrogen-bond acceptors (Lipinski definition) is 1. The summed E-state index contributed by atoms with van der Waals surface area (Å²) in [6.45, 7) is 0. The lowest BCUT2D eigenvalue weighted by atomic mass is 9.94. The van der Waals surface area contributed by atoms with Crippen LogP contribution in [0.1, 0.15) is 24.3 Å². The van der Waals surface area contributed by atoms with E-state index < -0.39 is 11.9 Å². The minimum atomic E-state index is -0.849. The number of carboxylic acid groups (broad SMARTS) is 1. The largest absolute Gasteiger partial charge is 0.481 e. The molecule has 80 valence electrons. The molecule has 0 aromatic heterocycles. The monoisotopic (exact) mass is 320 g/mol. The van der Waals surface area contributed by atoms with Crippen LogP contribution in [-0.4, -0.2) is 11.1 Å². The van der Waals surface area contributed by atoms with Crippen LogP contribution >= 0.6 is 22.6 Å². The van der Waals surface area contributed by atoms with Crippen molar-refractivity contribution >= 4 is 28.6 Å². The van der Waals surface area contributed by atoms with Crippen molar-refractivity contribution < 1.29 is 14.3 Å². The summed E-state index contributed by atoms with van der Waals surface area (Å²) in [6.07, 6.45) is 1.87. The number of aliphatic carboxylic acids is 1. The Kier molecular flexibility index (Phi) is 2.95. The quantitative estimate of drug-likeness (QED) is 0.870. The van der Waals surface area contributed by atoms with Crippen LogP contribution in [0.2, 0.25) is 0 Å². The summed E-state index contributed by atoms with van der Waals surface area (Å²) in [5.74, 6) is -1.52. The van der Waals surface area contributed by atoms with Gasteiger partial charge in [-0.1, -0.05) is 6.07 Å². The van der Waals surface area contributed by atoms with Crippen molar-refractivity contribution in [3.05, 3.63) is 33.1 Å². The highest BCUT2D eigenvalue weighted by Crippen LogP contribution is 2.43. The van der Waals surface area contributed by atoms with Gasteiger partial charge in [0.2, 0.25) is 0 Å². The molecule has 1 atom stereocenters. The van der Waals surface area contributed by atoms with Gasteiger partial charge in [0.1, 0.15) is 5.82 Å². The van der Waals surface area contributed by atoms with E-state index in [4.69, 9.17) is 5.11 Å². The zero-order valence-electron chi connectivity index (χ0n) is 7.91. The summed E-state index contributed by atoms with van der Waals surface area (Å²) in [6, 6.07) is 4.68. The van der Waals surface area contributed by atoms with Crippen molar-refractivity contribution in [1.82, 2.24) is 0 Å². The van der Waals surface area contributed by atoms with Crippen LogP contribution in [0, 0.1) is 15.3 Å². The van der Waals surface area contributed by atoms with Gasteiger partial charge >= 0.3 is 5.97 Å². The van der Waals surface area contributed by atoms with Crippen molar-refractivity contribution in [2.75, 3.05) is 0 Å². The number of hydrogen-bond donors (Lipinski definition) is 1. The molecule has 0 saturated heterocycles. The predicted molar refractivity (Wildman–Crippen MR) is 62.2 cm³/mol. The van der Waals surface area contributed by atoms with E-state index >= 15 is 0 Å². The zero-order valence-corrected chi connectivity index (χ0v) is 10.1. The van der Waals surface area contributed by atoms with Gasteiger partial charge in [-0.05, 0) is 59.0 Å². The van der Waals surface area contributed by atoms with Crippen molar-refractivity contribution in [1.29, 1.82) is 0 Å². The fraction of sp³-hybridized carbons (Fsp3) is 0.364. The third-order valence-electron chi connectivity index (χ3n) is 2.66. The molecule has 4 heteroatoms. The summed E-state index contributed by atoms with van der Waals surface area (Å²) in [5.41, 5.74) is 0.586. The first-order chi connectivity index (χ1) is 7.09. The average molecular weight is 320 g/mol. The molecule has 1 N–H and O–H groups in total. The third kappa shape index (κ3) is 2.30. The highest BCUT2D eigenvalue weighted by Gasteiger charge is 2.37. The van der Waals surface area contributed by atoms with Crippen LogP contribution in [0.15, 0.2) is 18.2 Å². The smallest absolute Gasteiger partial charge is 0.311 e. The second-order valence-electron chi connectivity index (χ2n) is 3.83. The van der Waals surface area contributed by atoms with Gasteiger partial charge in [0, 0.05) is 3.57 Å². The first-order valence-electron chi connectivity index (χ1n) is 4.77. The van der Waals surface area contributed by atoms with Gasteiger partial charge in [0.05, 0.1) is 5.92 Å². The Morgan fingerprint density at radius 3 is 2.67 bits per heavy atom. The Morgan fingerprint density at radius 1 is 1.53 bits per heavy atom. The molecule has 1 aliphatic carbocycles. The Balaban J connectivity index is 2.33. The molecule has 0 aliphatic heterocycles. The van der Waals surface area contributed by atoms with Gasteiger partial charge in [-0.3, -0.25) is 4.79 Å². The van der Waals surface area contributed by atoms with Gasteiger partial charge in [-0.25, -0.2) is 4.39 Å². The molecule has 1 saturated carbocycles. The van der Waals surface area contributed by atoms with Crippen LogP contribution in [-0.2, 0) is 4.79 Å². The van der Waals surface area contributed by atoms with E-state index in [1.807, 2.05) is 22.6 Å².